The molecule has 2 fully saturated rings. The summed E-state index contributed by atoms with van der Waals surface area (Å²) in [5.74, 6) is -0.266. The van der Waals surface area contributed by atoms with Gasteiger partial charge >= 0.3 is 0 Å². The van der Waals surface area contributed by atoms with E-state index < -0.39 is 6.04 Å². The fraction of sp³-hybridized carbons (Fsp3) is 0.619. The monoisotopic (exact) mass is 427 g/mol. The lowest BCUT2D eigenvalue weighted by molar-refractivity contribution is -0.138. The van der Waals surface area contributed by atoms with Crippen LogP contribution in [0.25, 0.3) is 0 Å². The average Bonchev–Trinajstić information content (AvgIpc) is 2.74. The van der Waals surface area contributed by atoms with Crippen molar-refractivity contribution in [2.75, 3.05) is 26.3 Å². The van der Waals surface area contributed by atoms with E-state index in [1.54, 1.807) is 17.9 Å². The minimum absolute atomic E-state index is 0. The zero-order chi connectivity index (χ0) is 20.1. The zero-order valence-electron chi connectivity index (χ0n) is 16.9. The topological polar surface area (TPSA) is 84.7 Å². The number of nitrogens with one attached hydrogen (secondary N) is 1. The quantitative estimate of drug-likeness (QED) is 0.754. The summed E-state index contributed by atoms with van der Waals surface area (Å²) < 4.78 is 18.9. The highest BCUT2D eigenvalue weighted by atomic mass is 35.5. The Morgan fingerprint density at radius 1 is 1.24 bits per heavy atom. The summed E-state index contributed by atoms with van der Waals surface area (Å²) in [6.07, 6.45) is 2.90. The second-order valence-electron chi connectivity index (χ2n) is 7.88. The Bertz CT molecular complexity index is 704. The Balaban J connectivity index is 0.00000300. The Morgan fingerprint density at radius 3 is 2.52 bits per heavy atom. The number of likely N-dealkylation sites (tertiary alicyclic amines) is 1. The molecule has 1 unspecified atom stereocenters. The number of carbonyl (C=O) groups is 2. The van der Waals surface area contributed by atoms with E-state index in [1.165, 1.54) is 6.07 Å². The molecule has 29 heavy (non-hydrogen) atoms. The molecule has 1 aromatic carbocycles. The number of halogens is 2. The SMILES string of the molecule is Cc1ccc(CNC(=O)C2CCN(C(=O)C(N)C3CCOCC3)CC2)cc1F.Cl. The van der Waals surface area contributed by atoms with Crippen LogP contribution in [0.2, 0.25) is 0 Å². The third kappa shape index (κ3) is 6.14. The van der Waals surface area contributed by atoms with E-state index in [-0.39, 0.29) is 41.9 Å². The van der Waals surface area contributed by atoms with Crippen LogP contribution >= 0.6 is 12.4 Å². The van der Waals surface area contributed by atoms with Crippen LogP contribution in [0, 0.1) is 24.6 Å². The van der Waals surface area contributed by atoms with Crippen LogP contribution in [-0.4, -0.2) is 49.1 Å². The molecule has 1 atom stereocenters. The number of aryl methyl sites for hydroxylation is 1. The lowest BCUT2D eigenvalue weighted by atomic mass is 9.90. The van der Waals surface area contributed by atoms with Gasteiger partial charge in [-0.1, -0.05) is 12.1 Å². The fourth-order valence-corrected chi connectivity index (χ4v) is 3.93. The molecule has 0 aliphatic carbocycles. The van der Waals surface area contributed by atoms with Gasteiger partial charge in [0.1, 0.15) is 5.82 Å². The molecule has 2 amide bonds. The molecule has 0 saturated carbocycles. The highest BCUT2D eigenvalue weighted by Crippen LogP contribution is 2.22. The molecule has 0 aromatic heterocycles. The van der Waals surface area contributed by atoms with E-state index in [4.69, 9.17) is 10.5 Å². The normalized spacial score (nSPS) is 19.3. The number of hydrogen-bond acceptors (Lipinski definition) is 4. The number of nitrogens with two attached hydrogens (primary N) is 1. The van der Waals surface area contributed by atoms with Crippen LogP contribution in [0.3, 0.4) is 0 Å². The standard InChI is InChI=1S/C21H30FN3O3.ClH/c1-14-2-3-15(12-18(14)22)13-24-20(26)17-4-8-25(9-5-17)21(27)19(23)16-6-10-28-11-7-16;/h2-3,12,16-17,19H,4-11,13,23H2,1H3,(H,24,26);1H. The molecule has 0 bridgehead atoms. The van der Waals surface area contributed by atoms with Crippen molar-refractivity contribution in [1.29, 1.82) is 0 Å². The summed E-state index contributed by atoms with van der Waals surface area (Å²) in [6, 6.07) is 4.50. The summed E-state index contributed by atoms with van der Waals surface area (Å²) in [7, 11) is 0. The van der Waals surface area contributed by atoms with Crippen LogP contribution in [-0.2, 0) is 20.9 Å². The number of hydrogen-bond donors (Lipinski definition) is 2. The molecular weight excluding hydrogens is 397 g/mol. The van der Waals surface area contributed by atoms with Gasteiger partial charge < -0.3 is 20.7 Å². The number of nitrogens with zero attached hydrogens (tertiary/aromatic N) is 1. The molecule has 2 aliphatic heterocycles. The van der Waals surface area contributed by atoms with Gasteiger partial charge in [-0.15, -0.1) is 12.4 Å². The van der Waals surface area contributed by atoms with Crippen LogP contribution in [0.4, 0.5) is 4.39 Å². The Hall–Kier alpha value is -1.70. The average molecular weight is 428 g/mol. The van der Waals surface area contributed by atoms with Crippen molar-refractivity contribution in [2.45, 2.75) is 45.2 Å². The molecule has 2 aliphatic rings. The van der Waals surface area contributed by atoms with Gasteiger partial charge in [0.05, 0.1) is 6.04 Å². The molecule has 2 heterocycles. The molecule has 162 valence electrons. The van der Waals surface area contributed by atoms with Crippen LogP contribution < -0.4 is 11.1 Å². The summed E-state index contributed by atoms with van der Waals surface area (Å²) in [6.45, 7) is 4.45. The Labute approximate surface area is 177 Å². The molecule has 0 radical (unpaired) electrons. The van der Waals surface area contributed by atoms with E-state index in [1.807, 2.05) is 6.07 Å². The number of ether oxygens (including phenoxy) is 1. The van der Waals surface area contributed by atoms with Gasteiger partial charge in [-0.05, 0) is 55.7 Å². The Kier molecular flexibility index (Phi) is 8.86. The van der Waals surface area contributed by atoms with Crippen LogP contribution in [0.1, 0.15) is 36.8 Å². The highest BCUT2D eigenvalue weighted by Gasteiger charge is 2.33. The van der Waals surface area contributed by atoms with Crippen molar-refractivity contribution in [3.8, 4) is 0 Å². The van der Waals surface area contributed by atoms with Crippen molar-refractivity contribution in [3.63, 3.8) is 0 Å². The molecule has 8 heteroatoms. The predicted octanol–water partition coefficient (Wildman–Crippen LogP) is 2.16. The number of carbonyl (C=O) groups excluding carboxylic acids is 2. The zero-order valence-corrected chi connectivity index (χ0v) is 17.7. The predicted molar refractivity (Wildman–Crippen MR) is 111 cm³/mol. The lowest BCUT2D eigenvalue weighted by Gasteiger charge is -2.35. The largest absolute Gasteiger partial charge is 0.381 e. The van der Waals surface area contributed by atoms with Crippen molar-refractivity contribution >= 4 is 24.2 Å². The van der Waals surface area contributed by atoms with Gasteiger partial charge in [-0.2, -0.15) is 0 Å². The van der Waals surface area contributed by atoms with E-state index in [9.17, 15) is 14.0 Å². The van der Waals surface area contributed by atoms with Crippen molar-refractivity contribution in [2.24, 2.45) is 17.6 Å². The first kappa shape index (κ1) is 23.6. The molecule has 1 aromatic rings. The van der Waals surface area contributed by atoms with Crippen LogP contribution in [0.15, 0.2) is 18.2 Å². The number of rotatable bonds is 5. The lowest BCUT2D eigenvalue weighted by Crippen LogP contribution is -2.52. The fourth-order valence-electron chi connectivity index (χ4n) is 3.93. The minimum Gasteiger partial charge on any atom is -0.381 e. The number of piperidine rings is 1. The molecular formula is C21H31ClFN3O3. The number of benzene rings is 1. The third-order valence-electron chi connectivity index (χ3n) is 5.94. The van der Waals surface area contributed by atoms with Gasteiger partial charge in [0.15, 0.2) is 0 Å². The molecule has 3 rings (SSSR count). The van der Waals surface area contributed by atoms with Gasteiger partial charge in [0.2, 0.25) is 11.8 Å². The van der Waals surface area contributed by atoms with E-state index in [2.05, 4.69) is 5.32 Å². The maximum Gasteiger partial charge on any atom is 0.239 e. The maximum atomic E-state index is 13.6. The first-order valence-corrected chi connectivity index (χ1v) is 10.1. The highest BCUT2D eigenvalue weighted by molar-refractivity contribution is 5.85. The summed E-state index contributed by atoms with van der Waals surface area (Å²) in [5, 5.41) is 2.89. The van der Waals surface area contributed by atoms with Gasteiger partial charge in [0.25, 0.3) is 0 Å². The summed E-state index contributed by atoms with van der Waals surface area (Å²) >= 11 is 0. The number of amides is 2. The molecule has 3 N–H and O–H groups in total. The van der Waals surface area contributed by atoms with Crippen molar-refractivity contribution in [1.82, 2.24) is 10.2 Å². The maximum absolute atomic E-state index is 13.6. The van der Waals surface area contributed by atoms with Crippen LogP contribution in [0.5, 0.6) is 0 Å². The molecule has 6 nitrogen and oxygen atoms in total. The minimum atomic E-state index is -0.481. The molecule has 2 saturated heterocycles. The smallest absolute Gasteiger partial charge is 0.239 e. The molecule has 0 spiro atoms. The van der Waals surface area contributed by atoms with Gasteiger partial charge in [-0.3, -0.25) is 9.59 Å². The van der Waals surface area contributed by atoms with Gasteiger partial charge in [0, 0.05) is 38.8 Å². The Morgan fingerprint density at radius 2 is 1.90 bits per heavy atom. The third-order valence-corrected chi connectivity index (χ3v) is 5.94. The van der Waals surface area contributed by atoms with Crippen molar-refractivity contribution in [3.05, 3.63) is 35.1 Å². The van der Waals surface area contributed by atoms with Crippen molar-refractivity contribution < 1.29 is 18.7 Å². The van der Waals surface area contributed by atoms with Gasteiger partial charge in [-0.25, -0.2) is 4.39 Å². The summed E-state index contributed by atoms with van der Waals surface area (Å²) in [4.78, 5) is 26.9. The van der Waals surface area contributed by atoms with E-state index in [0.29, 0.717) is 51.3 Å². The van der Waals surface area contributed by atoms with E-state index in [0.717, 1.165) is 18.4 Å². The summed E-state index contributed by atoms with van der Waals surface area (Å²) in [5.41, 5.74) is 7.53. The van der Waals surface area contributed by atoms with E-state index >= 15 is 0 Å². The first-order valence-electron chi connectivity index (χ1n) is 10.1. The second kappa shape index (κ2) is 10.9. The second-order valence-corrected chi connectivity index (χ2v) is 7.88. The first-order chi connectivity index (χ1) is 13.5.